The zero-order chi connectivity index (χ0) is 13.4. The summed E-state index contributed by atoms with van der Waals surface area (Å²) in [6, 6.07) is 11.5. The van der Waals surface area contributed by atoms with E-state index in [0.717, 1.165) is 24.1 Å². The average Bonchev–Trinajstić information content (AvgIpc) is 2.96. The molecule has 0 bridgehead atoms. The number of ether oxygens (including phenoxy) is 1. The van der Waals surface area contributed by atoms with Crippen LogP contribution in [-0.4, -0.2) is 39.9 Å². The van der Waals surface area contributed by atoms with Crippen LogP contribution in [0.15, 0.2) is 42.7 Å². The molecule has 1 saturated carbocycles. The van der Waals surface area contributed by atoms with Crippen molar-refractivity contribution in [2.75, 3.05) is 13.2 Å². The minimum Gasteiger partial charge on any atom is -0.490 e. The molecule has 0 spiro atoms. The number of para-hydroxylation sites is 2. The Bertz CT molecular complexity index is 577. The molecule has 1 aliphatic heterocycles. The summed E-state index contributed by atoms with van der Waals surface area (Å²) in [5.74, 6) is 0.914. The molecule has 2 atom stereocenters. The smallest absolute Gasteiger partial charge is 0.145 e. The Morgan fingerprint density at radius 2 is 2.10 bits per heavy atom. The second-order valence-electron chi connectivity index (χ2n) is 5.66. The summed E-state index contributed by atoms with van der Waals surface area (Å²) < 4.78 is 7.88. The van der Waals surface area contributed by atoms with Gasteiger partial charge in [-0.25, -0.2) is 4.68 Å². The molecule has 2 unspecified atom stereocenters. The van der Waals surface area contributed by atoms with Crippen molar-refractivity contribution < 1.29 is 4.74 Å². The van der Waals surface area contributed by atoms with Crippen LogP contribution in [0.4, 0.5) is 0 Å². The summed E-state index contributed by atoms with van der Waals surface area (Å²) in [4.78, 5) is 2.57. The molecule has 20 heavy (non-hydrogen) atoms. The summed E-state index contributed by atoms with van der Waals surface area (Å²) in [6.07, 6.45) is 7.88. The number of hydrogen-bond donors (Lipinski definition) is 0. The molecule has 4 heteroatoms. The Labute approximate surface area is 119 Å². The SMILES string of the molecule is c1ccc(-n2cccn2)c(OCC2CN2C2CCC2)c1. The highest BCUT2D eigenvalue weighted by Gasteiger charge is 2.42. The summed E-state index contributed by atoms with van der Waals surface area (Å²) in [7, 11) is 0. The molecule has 1 saturated heterocycles. The van der Waals surface area contributed by atoms with E-state index in [-0.39, 0.29) is 0 Å². The van der Waals surface area contributed by atoms with Crippen molar-refractivity contribution in [2.45, 2.75) is 31.3 Å². The number of rotatable bonds is 5. The van der Waals surface area contributed by atoms with Crippen LogP contribution in [0.3, 0.4) is 0 Å². The van der Waals surface area contributed by atoms with Crippen LogP contribution in [0.5, 0.6) is 5.75 Å². The first-order valence-corrected chi connectivity index (χ1v) is 7.39. The molecule has 0 N–H and O–H groups in total. The highest BCUT2D eigenvalue weighted by Crippen LogP contribution is 2.34. The maximum atomic E-state index is 6.03. The lowest BCUT2D eigenvalue weighted by atomic mass is 9.93. The molecule has 2 heterocycles. The van der Waals surface area contributed by atoms with E-state index in [9.17, 15) is 0 Å². The summed E-state index contributed by atoms with van der Waals surface area (Å²) in [5.41, 5.74) is 1.01. The van der Waals surface area contributed by atoms with E-state index in [4.69, 9.17) is 4.74 Å². The lowest BCUT2D eigenvalue weighted by Gasteiger charge is -2.27. The fourth-order valence-electron chi connectivity index (χ4n) is 2.88. The second-order valence-corrected chi connectivity index (χ2v) is 5.66. The highest BCUT2D eigenvalue weighted by atomic mass is 16.5. The lowest BCUT2D eigenvalue weighted by molar-refractivity contribution is 0.215. The van der Waals surface area contributed by atoms with Crippen LogP contribution in [0.25, 0.3) is 5.69 Å². The predicted octanol–water partition coefficient (Wildman–Crippen LogP) is 2.49. The first-order valence-electron chi connectivity index (χ1n) is 7.39. The molecule has 4 nitrogen and oxygen atoms in total. The van der Waals surface area contributed by atoms with Crippen molar-refractivity contribution in [2.24, 2.45) is 0 Å². The molecule has 104 valence electrons. The van der Waals surface area contributed by atoms with Crippen molar-refractivity contribution >= 4 is 0 Å². The summed E-state index contributed by atoms with van der Waals surface area (Å²) >= 11 is 0. The van der Waals surface area contributed by atoms with Crippen LogP contribution in [0.2, 0.25) is 0 Å². The number of benzene rings is 1. The molecular weight excluding hydrogens is 250 g/mol. The minimum atomic E-state index is 0.617. The van der Waals surface area contributed by atoms with Crippen molar-refractivity contribution in [3.05, 3.63) is 42.7 Å². The van der Waals surface area contributed by atoms with Crippen molar-refractivity contribution in [3.63, 3.8) is 0 Å². The van der Waals surface area contributed by atoms with E-state index < -0.39 is 0 Å². The fraction of sp³-hybridized carbons (Fsp3) is 0.438. The van der Waals surface area contributed by atoms with Gasteiger partial charge in [-0.2, -0.15) is 5.10 Å². The Morgan fingerprint density at radius 3 is 2.85 bits per heavy atom. The third-order valence-electron chi connectivity index (χ3n) is 4.35. The van der Waals surface area contributed by atoms with Gasteiger partial charge in [-0.05, 0) is 31.0 Å². The van der Waals surface area contributed by atoms with E-state index in [0.29, 0.717) is 6.04 Å². The number of nitrogens with zero attached hydrogens (tertiary/aromatic N) is 3. The van der Waals surface area contributed by atoms with E-state index in [1.165, 1.54) is 25.8 Å². The first kappa shape index (κ1) is 12.0. The topological polar surface area (TPSA) is 30.1 Å². The largest absolute Gasteiger partial charge is 0.490 e. The molecule has 0 amide bonds. The average molecular weight is 269 g/mol. The molecule has 2 aromatic rings. The fourth-order valence-corrected chi connectivity index (χ4v) is 2.88. The maximum absolute atomic E-state index is 6.03. The van der Waals surface area contributed by atoms with Crippen LogP contribution in [-0.2, 0) is 0 Å². The molecule has 2 aliphatic rings. The lowest BCUT2D eigenvalue weighted by Crippen LogP contribution is -2.29. The summed E-state index contributed by atoms with van der Waals surface area (Å²) in [5, 5.41) is 4.28. The predicted molar refractivity (Wildman–Crippen MR) is 77.2 cm³/mol. The monoisotopic (exact) mass is 269 g/mol. The Kier molecular flexibility index (Phi) is 2.96. The van der Waals surface area contributed by atoms with E-state index in [1.54, 1.807) is 6.20 Å². The standard InChI is InChI=1S/C16H19N3O/c1-2-8-16(15(7-1)19-10-4-9-17-19)20-12-14-11-18(14)13-5-3-6-13/h1-2,4,7-10,13-14H,3,5-6,11-12H2. The molecule has 2 fully saturated rings. The molecule has 0 radical (unpaired) electrons. The molecule has 1 aliphatic carbocycles. The van der Waals surface area contributed by atoms with Crippen LogP contribution in [0, 0.1) is 0 Å². The molecule has 1 aromatic carbocycles. The van der Waals surface area contributed by atoms with Gasteiger partial charge in [0.1, 0.15) is 18.0 Å². The minimum absolute atomic E-state index is 0.617. The van der Waals surface area contributed by atoms with Gasteiger partial charge in [0, 0.05) is 25.0 Å². The summed E-state index contributed by atoms with van der Waals surface area (Å²) in [6.45, 7) is 1.99. The van der Waals surface area contributed by atoms with Crippen molar-refractivity contribution in [1.82, 2.24) is 14.7 Å². The maximum Gasteiger partial charge on any atom is 0.145 e. The van der Waals surface area contributed by atoms with E-state index >= 15 is 0 Å². The van der Waals surface area contributed by atoms with Gasteiger partial charge in [0.2, 0.25) is 0 Å². The quantitative estimate of drug-likeness (QED) is 0.781. The van der Waals surface area contributed by atoms with E-state index in [2.05, 4.69) is 10.00 Å². The van der Waals surface area contributed by atoms with Gasteiger partial charge in [0.25, 0.3) is 0 Å². The van der Waals surface area contributed by atoms with Gasteiger partial charge in [-0.15, -0.1) is 0 Å². The van der Waals surface area contributed by atoms with Gasteiger partial charge in [0.05, 0.1) is 6.04 Å². The van der Waals surface area contributed by atoms with Gasteiger partial charge < -0.3 is 4.74 Å². The normalized spacial score (nSPS) is 25.2. The van der Waals surface area contributed by atoms with Crippen LogP contribution >= 0.6 is 0 Å². The zero-order valence-electron chi connectivity index (χ0n) is 11.5. The van der Waals surface area contributed by atoms with Crippen LogP contribution in [0.1, 0.15) is 19.3 Å². The van der Waals surface area contributed by atoms with Gasteiger partial charge in [-0.3, -0.25) is 4.90 Å². The molecular formula is C16H19N3O. The number of aromatic nitrogens is 2. The first-order chi connectivity index (χ1) is 9.92. The van der Waals surface area contributed by atoms with Gasteiger partial charge in [0.15, 0.2) is 0 Å². The number of hydrogen-bond acceptors (Lipinski definition) is 3. The van der Waals surface area contributed by atoms with Crippen LogP contribution < -0.4 is 4.74 Å². The molecule has 1 aromatic heterocycles. The highest BCUT2D eigenvalue weighted by molar-refractivity contribution is 5.45. The Morgan fingerprint density at radius 1 is 1.20 bits per heavy atom. The zero-order valence-corrected chi connectivity index (χ0v) is 11.5. The third-order valence-corrected chi connectivity index (χ3v) is 4.35. The van der Waals surface area contributed by atoms with Gasteiger partial charge in [-0.1, -0.05) is 18.6 Å². The third kappa shape index (κ3) is 2.20. The van der Waals surface area contributed by atoms with Gasteiger partial charge >= 0.3 is 0 Å². The van der Waals surface area contributed by atoms with Crippen molar-refractivity contribution in [3.8, 4) is 11.4 Å². The Hall–Kier alpha value is -1.81. The van der Waals surface area contributed by atoms with E-state index in [1.807, 2.05) is 41.2 Å². The molecule has 4 rings (SSSR count). The Balaban J connectivity index is 1.42. The van der Waals surface area contributed by atoms with Crippen molar-refractivity contribution in [1.29, 1.82) is 0 Å². The second kappa shape index (κ2) is 4.94.